The average molecular weight is 288 g/mol. The van der Waals surface area contributed by atoms with Crippen LogP contribution in [0, 0.1) is 5.82 Å². The molecule has 8 heteroatoms. The third-order valence-electron chi connectivity index (χ3n) is 2.53. The van der Waals surface area contributed by atoms with Crippen LogP contribution < -0.4 is 15.2 Å². The summed E-state index contributed by atoms with van der Waals surface area (Å²) in [6, 6.07) is 3.20. The molecule has 1 aromatic carbocycles. The van der Waals surface area contributed by atoms with Gasteiger partial charge in [0.15, 0.2) is 18.2 Å². The lowest BCUT2D eigenvalue weighted by Gasteiger charge is -2.08. The van der Waals surface area contributed by atoms with E-state index in [1.807, 2.05) is 0 Å². The Balaban J connectivity index is 1.98. The minimum atomic E-state index is -3.96. The Hall–Kier alpha value is -1.67. The van der Waals surface area contributed by atoms with E-state index in [0.29, 0.717) is 0 Å². The van der Waals surface area contributed by atoms with Gasteiger partial charge in [0.2, 0.25) is 10.0 Å². The van der Waals surface area contributed by atoms with Crippen molar-refractivity contribution in [1.29, 1.82) is 0 Å². The molecular formula is C11H13FN2O4S. The van der Waals surface area contributed by atoms with Crippen molar-refractivity contribution in [3.63, 3.8) is 0 Å². The van der Waals surface area contributed by atoms with Crippen LogP contribution in [0.25, 0.3) is 0 Å². The van der Waals surface area contributed by atoms with E-state index in [2.05, 4.69) is 5.32 Å². The van der Waals surface area contributed by atoms with Crippen molar-refractivity contribution in [2.45, 2.75) is 23.8 Å². The fraction of sp³-hybridized carbons (Fsp3) is 0.364. The van der Waals surface area contributed by atoms with Crippen LogP contribution in [0.2, 0.25) is 0 Å². The van der Waals surface area contributed by atoms with Gasteiger partial charge in [-0.3, -0.25) is 4.79 Å². The molecule has 1 aliphatic carbocycles. The van der Waals surface area contributed by atoms with E-state index in [1.54, 1.807) is 0 Å². The number of hydrogen-bond acceptors (Lipinski definition) is 4. The first-order chi connectivity index (χ1) is 8.86. The minimum Gasteiger partial charge on any atom is -0.481 e. The molecule has 0 saturated heterocycles. The van der Waals surface area contributed by atoms with Gasteiger partial charge in [-0.15, -0.1) is 0 Å². The lowest BCUT2D eigenvalue weighted by molar-refractivity contribution is -0.123. The molecule has 0 heterocycles. The van der Waals surface area contributed by atoms with Crippen LogP contribution in [0.3, 0.4) is 0 Å². The first kappa shape index (κ1) is 13.8. The second-order valence-electron chi connectivity index (χ2n) is 4.27. The zero-order chi connectivity index (χ0) is 14.0. The summed E-state index contributed by atoms with van der Waals surface area (Å²) in [7, 11) is -3.96. The Labute approximate surface area is 109 Å². The van der Waals surface area contributed by atoms with Gasteiger partial charge in [-0.05, 0) is 31.0 Å². The van der Waals surface area contributed by atoms with E-state index >= 15 is 0 Å². The maximum atomic E-state index is 13.5. The summed E-state index contributed by atoms with van der Waals surface area (Å²) in [5.41, 5.74) is 0. The third-order valence-corrected chi connectivity index (χ3v) is 3.44. The van der Waals surface area contributed by atoms with E-state index < -0.39 is 15.8 Å². The standard InChI is InChI=1S/C11H13FN2O4S/c12-9-5-8(19(13,16)17)3-4-10(9)18-6-11(15)14-7-1-2-7/h3-5,7H,1-2,6H2,(H,14,15)(H2,13,16,17). The van der Waals surface area contributed by atoms with Gasteiger partial charge >= 0.3 is 0 Å². The molecule has 0 spiro atoms. The molecule has 2 rings (SSSR count). The van der Waals surface area contributed by atoms with E-state index in [0.717, 1.165) is 31.0 Å². The highest BCUT2D eigenvalue weighted by atomic mass is 32.2. The summed E-state index contributed by atoms with van der Waals surface area (Å²) in [6.45, 7) is -0.317. The summed E-state index contributed by atoms with van der Waals surface area (Å²) in [6.07, 6.45) is 1.90. The van der Waals surface area contributed by atoms with Crippen molar-refractivity contribution in [2.75, 3.05) is 6.61 Å². The Kier molecular flexibility index (Phi) is 3.72. The van der Waals surface area contributed by atoms with Crippen LogP contribution in [-0.2, 0) is 14.8 Å². The molecule has 1 saturated carbocycles. The first-order valence-electron chi connectivity index (χ1n) is 5.61. The van der Waals surface area contributed by atoms with Crippen molar-refractivity contribution in [3.8, 4) is 5.75 Å². The molecule has 0 unspecified atom stereocenters. The highest BCUT2D eigenvalue weighted by Crippen LogP contribution is 2.21. The molecule has 6 nitrogen and oxygen atoms in total. The number of carbonyl (C=O) groups is 1. The van der Waals surface area contributed by atoms with Crippen molar-refractivity contribution < 1.29 is 22.3 Å². The molecule has 0 aliphatic heterocycles. The molecule has 19 heavy (non-hydrogen) atoms. The SMILES string of the molecule is NS(=O)(=O)c1ccc(OCC(=O)NC2CC2)c(F)c1. The van der Waals surface area contributed by atoms with Gasteiger partial charge in [0.1, 0.15) is 0 Å². The fourth-order valence-electron chi connectivity index (χ4n) is 1.42. The van der Waals surface area contributed by atoms with Crippen molar-refractivity contribution in [3.05, 3.63) is 24.0 Å². The topological polar surface area (TPSA) is 98.5 Å². The second kappa shape index (κ2) is 5.14. The number of nitrogens with two attached hydrogens (primary N) is 1. The Morgan fingerprint density at radius 3 is 2.68 bits per heavy atom. The monoisotopic (exact) mass is 288 g/mol. The number of sulfonamides is 1. The molecule has 1 fully saturated rings. The van der Waals surface area contributed by atoms with Crippen LogP contribution in [0.5, 0.6) is 5.75 Å². The largest absolute Gasteiger partial charge is 0.481 e. The van der Waals surface area contributed by atoms with Crippen LogP contribution in [0.1, 0.15) is 12.8 Å². The van der Waals surface area contributed by atoms with Crippen molar-refractivity contribution in [1.82, 2.24) is 5.32 Å². The zero-order valence-electron chi connectivity index (χ0n) is 9.93. The predicted molar refractivity (Wildman–Crippen MR) is 64.4 cm³/mol. The van der Waals surface area contributed by atoms with Crippen LogP contribution in [0.15, 0.2) is 23.1 Å². The van der Waals surface area contributed by atoms with Gasteiger partial charge in [-0.1, -0.05) is 0 Å². The number of carbonyl (C=O) groups excluding carboxylic acids is 1. The number of rotatable bonds is 5. The summed E-state index contributed by atoms with van der Waals surface area (Å²) >= 11 is 0. The predicted octanol–water partition coefficient (Wildman–Crippen LogP) is 0.130. The van der Waals surface area contributed by atoms with Crippen molar-refractivity contribution >= 4 is 15.9 Å². The molecule has 104 valence electrons. The maximum absolute atomic E-state index is 13.5. The number of primary sulfonamides is 1. The molecule has 0 bridgehead atoms. The molecule has 0 aromatic heterocycles. The molecule has 1 aromatic rings. The van der Waals surface area contributed by atoms with E-state index in [-0.39, 0.29) is 29.2 Å². The number of ether oxygens (including phenoxy) is 1. The Bertz CT molecular complexity index is 599. The highest BCUT2D eigenvalue weighted by molar-refractivity contribution is 7.89. The number of hydrogen-bond donors (Lipinski definition) is 2. The second-order valence-corrected chi connectivity index (χ2v) is 5.83. The van der Waals surface area contributed by atoms with Gasteiger partial charge < -0.3 is 10.1 Å². The lowest BCUT2D eigenvalue weighted by Crippen LogP contribution is -2.30. The summed E-state index contributed by atoms with van der Waals surface area (Å²) in [5, 5.41) is 7.54. The number of benzene rings is 1. The quantitative estimate of drug-likeness (QED) is 0.804. The minimum absolute atomic E-state index is 0.196. The molecular weight excluding hydrogens is 275 g/mol. The normalized spacial score (nSPS) is 15.1. The summed E-state index contributed by atoms with van der Waals surface area (Å²) < 4.78 is 40.5. The summed E-state index contributed by atoms with van der Waals surface area (Å²) in [4.78, 5) is 11.0. The van der Waals surface area contributed by atoms with E-state index in [9.17, 15) is 17.6 Å². The fourth-order valence-corrected chi connectivity index (χ4v) is 1.94. The highest BCUT2D eigenvalue weighted by Gasteiger charge is 2.23. The van der Waals surface area contributed by atoms with Gasteiger partial charge in [0.05, 0.1) is 4.90 Å². The molecule has 0 atom stereocenters. The molecule has 0 radical (unpaired) electrons. The third kappa shape index (κ3) is 3.90. The van der Waals surface area contributed by atoms with Gasteiger partial charge in [0.25, 0.3) is 5.91 Å². The Morgan fingerprint density at radius 2 is 2.16 bits per heavy atom. The van der Waals surface area contributed by atoms with Gasteiger partial charge in [-0.25, -0.2) is 17.9 Å². The number of halogens is 1. The molecule has 1 amide bonds. The van der Waals surface area contributed by atoms with Crippen LogP contribution in [0.4, 0.5) is 4.39 Å². The Morgan fingerprint density at radius 1 is 1.47 bits per heavy atom. The molecule has 3 N–H and O–H groups in total. The van der Waals surface area contributed by atoms with E-state index in [1.165, 1.54) is 0 Å². The van der Waals surface area contributed by atoms with Gasteiger partial charge in [-0.2, -0.15) is 0 Å². The first-order valence-corrected chi connectivity index (χ1v) is 7.15. The van der Waals surface area contributed by atoms with Crippen LogP contribution >= 0.6 is 0 Å². The maximum Gasteiger partial charge on any atom is 0.258 e. The average Bonchev–Trinajstić information content (AvgIpc) is 3.10. The van der Waals surface area contributed by atoms with E-state index in [4.69, 9.17) is 9.88 Å². The number of amides is 1. The smallest absolute Gasteiger partial charge is 0.258 e. The molecule has 1 aliphatic rings. The number of nitrogens with one attached hydrogen (secondary N) is 1. The summed E-state index contributed by atoms with van der Waals surface area (Å²) in [5.74, 6) is -1.42. The van der Waals surface area contributed by atoms with Crippen LogP contribution in [-0.4, -0.2) is 27.0 Å². The zero-order valence-corrected chi connectivity index (χ0v) is 10.7. The van der Waals surface area contributed by atoms with Crippen molar-refractivity contribution in [2.24, 2.45) is 5.14 Å². The van der Waals surface area contributed by atoms with Gasteiger partial charge in [0, 0.05) is 6.04 Å². The lowest BCUT2D eigenvalue weighted by atomic mass is 10.3.